The van der Waals surface area contributed by atoms with E-state index in [-0.39, 0.29) is 0 Å². The maximum absolute atomic E-state index is 3.68. The topological polar surface area (TPSA) is 20.2 Å². The lowest BCUT2D eigenvalue weighted by Gasteiger charge is -2.27. The largest absolute Gasteiger partial charge is 0.355 e. The van der Waals surface area contributed by atoms with Crippen LogP contribution < -0.4 is 10.2 Å². The van der Waals surface area contributed by atoms with E-state index in [1.54, 1.807) is 0 Å². The monoisotopic (exact) mass is 501 g/mol. The van der Waals surface area contributed by atoms with Crippen LogP contribution >= 0.6 is 0 Å². The standard InChI is InChI=1S/C36H27N3/c1-5-15-27(16-6-1)37-28-25-34(38(29-17-7-2-8-18-29)30-19-9-3-10-20-30)36-32-23-13-14-24-33(32)39(35(36)26-28)31-21-11-4-12-22-31/h1-26,37H. The zero-order valence-corrected chi connectivity index (χ0v) is 21.4. The van der Waals surface area contributed by atoms with Crippen molar-refractivity contribution in [2.75, 3.05) is 10.2 Å². The van der Waals surface area contributed by atoms with Gasteiger partial charge in [0, 0.05) is 39.2 Å². The molecule has 0 aliphatic heterocycles. The highest BCUT2D eigenvalue weighted by Crippen LogP contribution is 2.45. The molecule has 0 saturated heterocycles. The van der Waals surface area contributed by atoms with Crippen LogP contribution in [0.4, 0.5) is 28.4 Å². The van der Waals surface area contributed by atoms with Gasteiger partial charge in [-0.05, 0) is 66.7 Å². The Labute approximate surface area is 228 Å². The second-order valence-corrected chi connectivity index (χ2v) is 9.58. The summed E-state index contributed by atoms with van der Waals surface area (Å²) in [6, 6.07) is 55.4. The Hall–Kier alpha value is -5.28. The van der Waals surface area contributed by atoms with Crippen LogP contribution in [-0.4, -0.2) is 4.57 Å². The molecule has 0 amide bonds. The Morgan fingerprint density at radius 3 is 1.64 bits per heavy atom. The number of nitrogens with one attached hydrogen (secondary N) is 1. The van der Waals surface area contributed by atoms with Crippen molar-refractivity contribution in [3.05, 3.63) is 158 Å². The summed E-state index contributed by atoms with van der Waals surface area (Å²) in [6.07, 6.45) is 0. The van der Waals surface area contributed by atoms with E-state index in [1.807, 2.05) is 6.07 Å². The van der Waals surface area contributed by atoms with Crippen LogP contribution in [0, 0.1) is 0 Å². The molecule has 0 saturated carbocycles. The molecule has 0 aliphatic rings. The SMILES string of the molecule is c1ccc(Nc2cc(N(c3ccccc3)c3ccccc3)c3c4ccccc4n(-c4ccccc4)c3c2)cc1. The number of benzene rings is 6. The van der Waals surface area contributed by atoms with Gasteiger partial charge < -0.3 is 14.8 Å². The summed E-state index contributed by atoms with van der Waals surface area (Å²) in [7, 11) is 0. The maximum Gasteiger partial charge on any atom is 0.0582 e. The van der Waals surface area contributed by atoms with Crippen molar-refractivity contribution in [3.8, 4) is 5.69 Å². The third-order valence-corrected chi connectivity index (χ3v) is 7.10. The molecule has 0 radical (unpaired) electrons. The first kappa shape index (κ1) is 22.9. The van der Waals surface area contributed by atoms with Crippen molar-refractivity contribution in [2.24, 2.45) is 0 Å². The quantitative estimate of drug-likeness (QED) is 0.245. The Morgan fingerprint density at radius 1 is 0.462 bits per heavy atom. The van der Waals surface area contributed by atoms with Crippen molar-refractivity contribution in [1.29, 1.82) is 0 Å². The zero-order chi connectivity index (χ0) is 26.0. The van der Waals surface area contributed by atoms with Gasteiger partial charge in [0.1, 0.15) is 0 Å². The van der Waals surface area contributed by atoms with Crippen LogP contribution in [0.25, 0.3) is 27.5 Å². The van der Waals surface area contributed by atoms with Crippen LogP contribution in [0.2, 0.25) is 0 Å². The van der Waals surface area contributed by atoms with E-state index in [9.17, 15) is 0 Å². The van der Waals surface area contributed by atoms with E-state index in [4.69, 9.17) is 0 Å². The summed E-state index contributed by atoms with van der Waals surface area (Å²) in [6.45, 7) is 0. The fourth-order valence-electron chi connectivity index (χ4n) is 5.45. The number of fused-ring (bicyclic) bond motifs is 3. The number of hydrogen-bond acceptors (Lipinski definition) is 2. The lowest BCUT2D eigenvalue weighted by Crippen LogP contribution is -2.10. The van der Waals surface area contributed by atoms with Gasteiger partial charge in [0.05, 0.1) is 16.7 Å². The predicted molar refractivity (Wildman–Crippen MR) is 165 cm³/mol. The summed E-state index contributed by atoms with van der Waals surface area (Å²) in [4.78, 5) is 2.36. The van der Waals surface area contributed by atoms with Gasteiger partial charge in [-0.3, -0.25) is 0 Å². The van der Waals surface area contributed by atoms with Crippen LogP contribution in [0.5, 0.6) is 0 Å². The normalized spacial score (nSPS) is 11.1. The maximum atomic E-state index is 3.68. The average Bonchev–Trinajstić information content (AvgIpc) is 3.34. The fourth-order valence-corrected chi connectivity index (χ4v) is 5.45. The molecule has 0 unspecified atom stereocenters. The van der Waals surface area contributed by atoms with Crippen LogP contribution in [0.3, 0.4) is 0 Å². The third-order valence-electron chi connectivity index (χ3n) is 7.10. The van der Waals surface area contributed by atoms with E-state index in [0.29, 0.717) is 0 Å². The summed E-state index contributed by atoms with van der Waals surface area (Å²) < 4.78 is 2.37. The molecule has 7 aromatic rings. The third kappa shape index (κ3) is 4.20. The second kappa shape index (κ2) is 9.88. The molecule has 0 atom stereocenters. The Bertz CT molecular complexity index is 1820. The van der Waals surface area contributed by atoms with Crippen LogP contribution in [0.15, 0.2) is 158 Å². The minimum absolute atomic E-state index is 1.03. The minimum Gasteiger partial charge on any atom is -0.355 e. The number of para-hydroxylation sites is 5. The van der Waals surface area contributed by atoms with Crippen LogP contribution in [-0.2, 0) is 0 Å². The second-order valence-electron chi connectivity index (χ2n) is 9.58. The molecule has 186 valence electrons. The van der Waals surface area contributed by atoms with Gasteiger partial charge in [0.2, 0.25) is 0 Å². The van der Waals surface area contributed by atoms with Crippen molar-refractivity contribution in [2.45, 2.75) is 0 Å². The molecule has 3 heteroatoms. The van der Waals surface area contributed by atoms with Crippen molar-refractivity contribution in [1.82, 2.24) is 4.57 Å². The highest BCUT2D eigenvalue weighted by Gasteiger charge is 2.22. The molecule has 1 aromatic heterocycles. The highest BCUT2D eigenvalue weighted by atomic mass is 15.1. The zero-order valence-electron chi connectivity index (χ0n) is 21.4. The van der Waals surface area contributed by atoms with Gasteiger partial charge in [-0.15, -0.1) is 0 Å². The Morgan fingerprint density at radius 2 is 1.00 bits per heavy atom. The molecule has 3 nitrogen and oxygen atoms in total. The first-order valence-corrected chi connectivity index (χ1v) is 13.2. The van der Waals surface area contributed by atoms with Gasteiger partial charge in [0.25, 0.3) is 0 Å². The lowest BCUT2D eigenvalue weighted by atomic mass is 10.1. The summed E-state index contributed by atoms with van der Waals surface area (Å²) >= 11 is 0. The molecular formula is C36H27N3. The van der Waals surface area contributed by atoms with E-state index in [0.717, 1.165) is 39.6 Å². The van der Waals surface area contributed by atoms with E-state index >= 15 is 0 Å². The predicted octanol–water partition coefficient (Wildman–Crippen LogP) is 10.00. The number of anilines is 5. The number of aromatic nitrogens is 1. The first-order chi connectivity index (χ1) is 19.4. The van der Waals surface area contributed by atoms with E-state index in [1.165, 1.54) is 16.3 Å². The van der Waals surface area contributed by atoms with Crippen molar-refractivity contribution >= 4 is 50.2 Å². The smallest absolute Gasteiger partial charge is 0.0582 e. The number of nitrogens with zero attached hydrogens (tertiary/aromatic N) is 2. The Balaban J connectivity index is 1.60. The van der Waals surface area contributed by atoms with Gasteiger partial charge in [-0.2, -0.15) is 0 Å². The molecule has 1 N–H and O–H groups in total. The van der Waals surface area contributed by atoms with Crippen LogP contribution in [0.1, 0.15) is 0 Å². The molecule has 1 heterocycles. The Kier molecular flexibility index (Phi) is 5.80. The summed E-state index contributed by atoms with van der Waals surface area (Å²) in [5.41, 5.74) is 8.88. The molecule has 0 spiro atoms. The molecule has 0 aliphatic carbocycles. The van der Waals surface area contributed by atoms with Gasteiger partial charge >= 0.3 is 0 Å². The minimum atomic E-state index is 1.03. The number of hydrogen-bond donors (Lipinski definition) is 1. The van der Waals surface area contributed by atoms with Gasteiger partial charge in [0.15, 0.2) is 0 Å². The number of rotatable bonds is 6. The summed E-state index contributed by atoms with van der Waals surface area (Å²) in [5, 5.41) is 6.10. The molecule has 0 fully saturated rings. The van der Waals surface area contributed by atoms with Crippen molar-refractivity contribution < 1.29 is 0 Å². The average molecular weight is 502 g/mol. The lowest BCUT2D eigenvalue weighted by molar-refractivity contribution is 1.18. The molecule has 0 bridgehead atoms. The van der Waals surface area contributed by atoms with Gasteiger partial charge in [-0.1, -0.05) is 91.0 Å². The van der Waals surface area contributed by atoms with E-state index < -0.39 is 0 Å². The van der Waals surface area contributed by atoms with Gasteiger partial charge in [-0.25, -0.2) is 0 Å². The molecule has 7 rings (SSSR count). The van der Waals surface area contributed by atoms with Crippen molar-refractivity contribution in [3.63, 3.8) is 0 Å². The summed E-state index contributed by atoms with van der Waals surface area (Å²) in [5.74, 6) is 0. The first-order valence-electron chi connectivity index (χ1n) is 13.2. The molecule has 6 aromatic carbocycles. The molecule has 39 heavy (non-hydrogen) atoms. The fraction of sp³-hybridized carbons (Fsp3) is 0. The molecular weight excluding hydrogens is 474 g/mol. The highest BCUT2D eigenvalue weighted by molar-refractivity contribution is 6.17. The van der Waals surface area contributed by atoms with E-state index in [2.05, 4.69) is 166 Å².